The molecule has 1 fully saturated rings. The zero-order valence-electron chi connectivity index (χ0n) is 12.7. The Morgan fingerprint density at radius 3 is 2.62 bits per heavy atom. The molecule has 1 aromatic heterocycles. The molecule has 7 nitrogen and oxygen atoms in total. The number of benzene rings is 1. The van der Waals surface area contributed by atoms with Crippen molar-refractivity contribution in [3.8, 4) is 0 Å². The third-order valence-electron chi connectivity index (χ3n) is 3.72. The van der Waals surface area contributed by atoms with Crippen molar-refractivity contribution in [3.05, 3.63) is 52.9 Å². The molecule has 24 heavy (non-hydrogen) atoms. The van der Waals surface area contributed by atoms with Gasteiger partial charge in [0.15, 0.2) is 5.54 Å². The molecule has 1 saturated heterocycles. The summed E-state index contributed by atoms with van der Waals surface area (Å²) >= 11 is 3.30. The topological polar surface area (TPSA) is 91.7 Å². The van der Waals surface area contributed by atoms with Gasteiger partial charge in [-0.2, -0.15) is 0 Å². The third kappa shape index (κ3) is 2.92. The van der Waals surface area contributed by atoms with Crippen LogP contribution in [0, 0.1) is 0 Å². The molecule has 8 heteroatoms. The summed E-state index contributed by atoms with van der Waals surface area (Å²) in [6.45, 7) is 1.16. The van der Waals surface area contributed by atoms with Crippen LogP contribution in [0.5, 0.6) is 0 Å². The highest BCUT2D eigenvalue weighted by Gasteiger charge is 2.51. The number of urea groups is 1. The minimum Gasteiger partial charge on any atom is -0.466 e. The zero-order chi connectivity index (χ0) is 17.3. The molecule has 4 amide bonds. The fraction of sp³-hybridized carbons (Fsp3) is 0.188. The molecule has 2 N–H and O–H groups in total. The van der Waals surface area contributed by atoms with Gasteiger partial charge in [0.25, 0.3) is 5.91 Å². The van der Waals surface area contributed by atoms with E-state index in [0.29, 0.717) is 11.4 Å². The Labute approximate surface area is 146 Å². The van der Waals surface area contributed by atoms with Crippen LogP contribution in [0.3, 0.4) is 0 Å². The summed E-state index contributed by atoms with van der Waals surface area (Å²) in [5.41, 5.74) is -0.734. The Bertz CT molecular complexity index is 788. The highest BCUT2D eigenvalue weighted by molar-refractivity contribution is 9.10. The molecule has 0 saturated carbocycles. The average Bonchev–Trinajstić information content (AvgIpc) is 3.14. The molecule has 1 atom stereocenters. The first-order valence-corrected chi connectivity index (χ1v) is 7.93. The molecule has 3 rings (SSSR count). The lowest BCUT2D eigenvalue weighted by atomic mass is 9.99. The van der Waals surface area contributed by atoms with Gasteiger partial charge < -0.3 is 15.1 Å². The number of nitrogens with one attached hydrogen (secondary N) is 2. The molecular formula is C16H14BrN3O4. The van der Waals surface area contributed by atoms with E-state index in [1.165, 1.54) is 6.26 Å². The maximum Gasteiger partial charge on any atom is 0.325 e. The van der Waals surface area contributed by atoms with Gasteiger partial charge >= 0.3 is 6.03 Å². The second-order valence-electron chi connectivity index (χ2n) is 5.48. The van der Waals surface area contributed by atoms with Crippen LogP contribution >= 0.6 is 15.9 Å². The molecule has 1 aliphatic heterocycles. The molecule has 1 aliphatic rings. The van der Waals surface area contributed by atoms with Crippen LogP contribution in [-0.2, 0) is 15.1 Å². The smallest absolute Gasteiger partial charge is 0.325 e. The number of hydrogen-bond donors (Lipinski definition) is 2. The second kappa shape index (κ2) is 6.12. The fourth-order valence-corrected chi connectivity index (χ4v) is 2.71. The number of halogens is 1. The number of carbonyl (C=O) groups excluding carboxylic acids is 3. The van der Waals surface area contributed by atoms with Gasteiger partial charge in [-0.05, 0) is 43.3 Å². The maximum atomic E-state index is 12.6. The minimum absolute atomic E-state index is 0.316. The van der Waals surface area contributed by atoms with Crippen LogP contribution < -0.4 is 10.6 Å². The van der Waals surface area contributed by atoms with E-state index in [-0.39, 0.29) is 6.54 Å². The monoisotopic (exact) mass is 391 g/mol. The van der Waals surface area contributed by atoms with E-state index in [9.17, 15) is 14.4 Å². The predicted molar refractivity (Wildman–Crippen MR) is 89.1 cm³/mol. The molecule has 0 spiro atoms. The lowest BCUT2D eigenvalue weighted by Gasteiger charge is -2.18. The SMILES string of the molecule is C[C@@]1(c2ccco2)NC(=O)N(CC(=O)Nc2ccc(Br)cc2)C1=O. The largest absolute Gasteiger partial charge is 0.466 e. The molecular weight excluding hydrogens is 378 g/mol. The highest BCUT2D eigenvalue weighted by atomic mass is 79.9. The number of anilines is 1. The van der Waals surface area contributed by atoms with Crippen molar-refractivity contribution in [2.24, 2.45) is 0 Å². The van der Waals surface area contributed by atoms with Crippen molar-refractivity contribution >= 4 is 39.5 Å². The summed E-state index contributed by atoms with van der Waals surface area (Å²) in [6.07, 6.45) is 1.42. The Morgan fingerprint density at radius 1 is 1.29 bits per heavy atom. The Kier molecular flexibility index (Phi) is 4.15. The van der Waals surface area contributed by atoms with Gasteiger partial charge in [0.05, 0.1) is 6.26 Å². The van der Waals surface area contributed by atoms with Crippen LogP contribution in [0.4, 0.5) is 10.5 Å². The number of hydrogen-bond acceptors (Lipinski definition) is 4. The molecule has 2 aromatic rings. The van der Waals surface area contributed by atoms with Crippen molar-refractivity contribution in [2.75, 3.05) is 11.9 Å². The van der Waals surface area contributed by atoms with E-state index in [1.54, 1.807) is 43.3 Å². The van der Waals surface area contributed by atoms with Crippen molar-refractivity contribution in [2.45, 2.75) is 12.5 Å². The number of amides is 4. The molecule has 0 aliphatic carbocycles. The van der Waals surface area contributed by atoms with Gasteiger partial charge in [0.1, 0.15) is 12.3 Å². The van der Waals surface area contributed by atoms with Gasteiger partial charge in [-0.25, -0.2) is 4.79 Å². The second-order valence-corrected chi connectivity index (χ2v) is 6.39. The Morgan fingerprint density at radius 2 is 2.00 bits per heavy atom. The van der Waals surface area contributed by atoms with Crippen LogP contribution in [0.25, 0.3) is 0 Å². The summed E-state index contributed by atoms with van der Waals surface area (Å²) < 4.78 is 6.11. The molecule has 0 radical (unpaired) electrons. The van der Waals surface area contributed by atoms with E-state index < -0.39 is 23.4 Å². The number of nitrogens with zero attached hydrogens (tertiary/aromatic N) is 1. The predicted octanol–water partition coefficient (Wildman–Crippen LogP) is 2.45. The summed E-state index contributed by atoms with van der Waals surface area (Å²) in [5, 5.41) is 5.21. The first-order chi connectivity index (χ1) is 11.4. The average molecular weight is 392 g/mol. The Balaban J connectivity index is 1.71. The lowest BCUT2D eigenvalue weighted by molar-refractivity contribution is -0.134. The van der Waals surface area contributed by atoms with E-state index in [1.807, 2.05) is 0 Å². The van der Waals surface area contributed by atoms with E-state index in [2.05, 4.69) is 26.6 Å². The summed E-state index contributed by atoms with van der Waals surface area (Å²) in [4.78, 5) is 37.7. The quantitative estimate of drug-likeness (QED) is 0.782. The van der Waals surface area contributed by atoms with E-state index in [4.69, 9.17) is 4.42 Å². The molecule has 1 aromatic carbocycles. The third-order valence-corrected chi connectivity index (χ3v) is 4.25. The Hall–Kier alpha value is -2.61. The molecule has 2 heterocycles. The summed E-state index contributed by atoms with van der Waals surface area (Å²) in [6, 6.07) is 9.56. The highest BCUT2D eigenvalue weighted by Crippen LogP contribution is 2.28. The number of carbonyl (C=O) groups is 3. The molecule has 0 unspecified atom stereocenters. The maximum absolute atomic E-state index is 12.6. The minimum atomic E-state index is -1.31. The van der Waals surface area contributed by atoms with Gasteiger partial charge in [-0.15, -0.1) is 0 Å². The van der Waals surface area contributed by atoms with Crippen LogP contribution in [0.1, 0.15) is 12.7 Å². The lowest BCUT2D eigenvalue weighted by Crippen LogP contribution is -2.41. The van der Waals surface area contributed by atoms with Crippen LogP contribution in [-0.4, -0.2) is 29.3 Å². The summed E-state index contributed by atoms with van der Waals surface area (Å²) in [7, 11) is 0. The van der Waals surface area contributed by atoms with E-state index >= 15 is 0 Å². The van der Waals surface area contributed by atoms with Gasteiger partial charge in [0, 0.05) is 10.2 Å². The first-order valence-electron chi connectivity index (χ1n) is 7.13. The normalized spacial score (nSPS) is 20.2. The standard InChI is InChI=1S/C16H14BrN3O4/c1-16(12-3-2-8-24-12)14(22)20(15(23)19-16)9-13(21)18-11-6-4-10(17)5-7-11/h2-8H,9H2,1H3,(H,18,21)(H,19,23)/t16-/m0/s1. The van der Waals surface area contributed by atoms with E-state index in [0.717, 1.165) is 9.37 Å². The molecule has 124 valence electrons. The van der Waals surface area contributed by atoms with Crippen LogP contribution in [0.15, 0.2) is 51.6 Å². The van der Waals surface area contributed by atoms with Crippen LogP contribution in [0.2, 0.25) is 0 Å². The number of rotatable bonds is 4. The zero-order valence-corrected chi connectivity index (χ0v) is 14.3. The number of furan rings is 1. The summed E-state index contributed by atoms with van der Waals surface area (Å²) in [5.74, 6) is -0.686. The van der Waals surface area contributed by atoms with Gasteiger partial charge in [0.2, 0.25) is 5.91 Å². The van der Waals surface area contributed by atoms with Crippen molar-refractivity contribution in [1.82, 2.24) is 10.2 Å². The fourth-order valence-electron chi connectivity index (χ4n) is 2.45. The van der Waals surface area contributed by atoms with Crippen molar-refractivity contribution in [1.29, 1.82) is 0 Å². The van der Waals surface area contributed by atoms with Crippen molar-refractivity contribution < 1.29 is 18.8 Å². The van der Waals surface area contributed by atoms with Gasteiger partial charge in [-0.1, -0.05) is 15.9 Å². The molecule has 0 bridgehead atoms. The number of imide groups is 1. The van der Waals surface area contributed by atoms with Gasteiger partial charge in [-0.3, -0.25) is 14.5 Å². The van der Waals surface area contributed by atoms with Crippen molar-refractivity contribution in [3.63, 3.8) is 0 Å². The first kappa shape index (κ1) is 16.3.